The molecular formula is C18H21N5. The van der Waals surface area contributed by atoms with Gasteiger partial charge in [-0.2, -0.15) is 0 Å². The minimum absolute atomic E-state index is 0.809. The fourth-order valence-electron chi connectivity index (χ4n) is 2.39. The number of benzene rings is 2. The highest BCUT2D eigenvalue weighted by Gasteiger charge is 1.96. The number of hydrogen-bond acceptors (Lipinski definition) is 5. The van der Waals surface area contributed by atoms with Crippen LogP contribution in [0.5, 0.6) is 0 Å². The highest BCUT2D eigenvalue weighted by Crippen LogP contribution is 2.18. The summed E-state index contributed by atoms with van der Waals surface area (Å²) in [5.41, 5.74) is 1.16. The van der Waals surface area contributed by atoms with E-state index in [2.05, 4.69) is 68.4 Å². The summed E-state index contributed by atoms with van der Waals surface area (Å²) in [4.78, 5) is 8.18. The van der Waals surface area contributed by atoms with Crippen molar-refractivity contribution in [2.45, 2.75) is 0 Å². The van der Waals surface area contributed by atoms with Crippen LogP contribution < -0.4 is 16.0 Å². The predicted molar refractivity (Wildman–Crippen MR) is 95.8 cm³/mol. The van der Waals surface area contributed by atoms with Crippen molar-refractivity contribution in [3.8, 4) is 0 Å². The maximum atomic E-state index is 4.16. The van der Waals surface area contributed by atoms with Gasteiger partial charge < -0.3 is 16.0 Å². The maximum Gasteiger partial charge on any atom is 0.144 e. The molecule has 0 atom stereocenters. The van der Waals surface area contributed by atoms with Gasteiger partial charge in [0.05, 0.1) is 6.20 Å². The SMILES string of the molecule is c1ccc2cc(NCCNCCNc3cnccn3)ccc2c1. The summed E-state index contributed by atoms with van der Waals surface area (Å²) in [7, 11) is 0. The van der Waals surface area contributed by atoms with Crippen LogP contribution in [0.1, 0.15) is 0 Å². The smallest absolute Gasteiger partial charge is 0.144 e. The Labute approximate surface area is 136 Å². The van der Waals surface area contributed by atoms with Gasteiger partial charge >= 0.3 is 0 Å². The molecule has 5 heteroatoms. The van der Waals surface area contributed by atoms with Gasteiger partial charge in [0.15, 0.2) is 0 Å². The highest BCUT2D eigenvalue weighted by atomic mass is 15.0. The van der Waals surface area contributed by atoms with Crippen LogP contribution in [-0.4, -0.2) is 36.1 Å². The Bertz CT molecular complexity index is 730. The molecule has 0 radical (unpaired) electrons. The zero-order chi connectivity index (χ0) is 15.7. The van der Waals surface area contributed by atoms with E-state index in [1.165, 1.54) is 10.8 Å². The minimum Gasteiger partial charge on any atom is -0.384 e. The van der Waals surface area contributed by atoms with Gasteiger partial charge in [-0.3, -0.25) is 4.98 Å². The lowest BCUT2D eigenvalue weighted by molar-refractivity contribution is 0.718. The molecule has 2 aromatic carbocycles. The normalized spacial score (nSPS) is 10.6. The topological polar surface area (TPSA) is 61.9 Å². The van der Waals surface area contributed by atoms with Crippen LogP contribution in [0.4, 0.5) is 11.5 Å². The number of nitrogens with one attached hydrogen (secondary N) is 3. The number of fused-ring (bicyclic) bond motifs is 1. The Kier molecular flexibility index (Phi) is 5.37. The molecule has 0 spiro atoms. The van der Waals surface area contributed by atoms with Gasteiger partial charge in [-0.1, -0.05) is 30.3 Å². The first-order chi connectivity index (χ1) is 11.4. The molecule has 0 aliphatic carbocycles. The molecule has 0 aliphatic rings. The van der Waals surface area contributed by atoms with E-state index in [1.54, 1.807) is 18.6 Å². The number of anilines is 2. The van der Waals surface area contributed by atoms with Crippen LogP contribution in [0.3, 0.4) is 0 Å². The molecule has 5 nitrogen and oxygen atoms in total. The molecular weight excluding hydrogens is 286 g/mol. The first kappa shape index (κ1) is 15.2. The average molecular weight is 307 g/mol. The van der Waals surface area contributed by atoms with E-state index in [4.69, 9.17) is 0 Å². The fourth-order valence-corrected chi connectivity index (χ4v) is 2.39. The third-order valence-corrected chi connectivity index (χ3v) is 3.55. The zero-order valence-corrected chi connectivity index (χ0v) is 13.0. The molecule has 0 bridgehead atoms. The molecule has 118 valence electrons. The molecule has 23 heavy (non-hydrogen) atoms. The standard InChI is InChI=1S/C18H21N5/c1-2-4-16-13-17(6-5-15(16)3-1)21-10-7-19-8-11-22-18-14-20-9-12-23-18/h1-6,9,12-14,19,21H,7-8,10-11H2,(H,22,23). The van der Waals surface area contributed by atoms with Crippen molar-refractivity contribution in [3.63, 3.8) is 0 Å². The van der Waals surface area contributed by atoms with Crippen molar-refractivity contribution in [1.82, 2.24) is 15.3 Å². The summed E-state index contributed by atoms with van der Waals surface area (Å²) in [6.07, 6.45) is 5.08. The van der Waals surface area contributed by atoms with Crippen molar-refractivity contribution < 1.29 is 0 Å². The number of nitrogens with zero attached hydrogens (tertiary/aromatic N) is 2. The lowest BCUT2D eigenvalue weighted by Crippen LogP contribution is -2.27. The van der Waals surface area contributed by atoms with Crippen LogP contribution in [0.15, 0.2) is 61.1 Å². The van der Waals surface area contributed by atoms with Crippen molar-refractivity contribution >= 4 is 22.3 Å². The molecule has 3 N–H and O–H groups in total. The lowest BCUT2D eigenvalue weighted by atomic mass is 10.1. The molecule has 0 unspecified atom stereocenters. The van der Waals surface area contributed by atoms with E-state index >= 15 is 0 Å². The van der Waals surface area contributed by atoms with E-state index in [1.807, 2.05) is 0 Å². The molecule has 0 fully saturated rings. The van der Waals surface area contributed by atoms with E-state index in [0.717, 1.165) is 37.7 Å². The summed E-state index contributed by atoms with van der Waals surface area (Å²) < 4.78 is 0. The molecule has 1 aromatic heterocycles. The average Bonchev–Trinajstić information content (AvgIpc) is 2.61. The van der Waals surface area contributed by atoms with Crippen molar-refractivity contribution in [3.05, 3.63) is 61.1 Å². The Morgan fingerprint density at radius 1 is 0.783 bits per heavy atom. The summed E-state index contributed by atoms with van der Waals surface area (Å²) in [6.45, 7) is 3.52. The molecule has 0 aliphatic heterocycles. The van der Waals surface area contributed by atoms with Crippen LogP contribution >= 0.6 is 0 Å². The first-order valence-electron chi connectivity index (χ1n) is 7.85. The molecule has 3 aromatic rings. The van der Waals surface area contributed by atoms with Crippen molar-refractivity contribution in [2.75, 3.05) is 36.8 Å². The maximum absolute atomic E-state index is 4.16. The largest absolute Gasteiger partial charge is 0.384 e. The Balaban J connectivity index is 1.33. The van der Waals surface area contributed by atoms with Crippen LogP contribution in [0, 0.1) is 0 Å². The van der Waals surface area contributed by atoms with E-state index in [9.17, 15) is 0 Å². The zero-order valence-electron chi connectivity index (χ0n) is 13.0. The van der Waals surface area contributed by atoms with Gasteiger partial charge in [-0.05, 0) is 22.9 Å². The molecule has 0 saturated carbocycles. The lowest BCUT2D eigenvalue weighted by Gasteiger charge is -2.09. The van der Waals surface area contributed by atoms with Gasteiger partial charge in [0.2, 0.25) is 0 Å². The monoisotopic (exact) mass is 307 g/mol. The Morgan fingerprint density at radius 2 is 1.61 bits per heavy atom. The Hall–Kier alpha value is -2.66. The quantitative estimate of drug-likeness (QED) is 0.559. The van der Waals surface area contributed by atoms with Gasteiger partial charge in [-0.25, -0.2) is 4.98 Å². The third-order valence-electron chi connectivity index (χ3n) is 3.55. The van der Waals surface area contributed by atoms with Crippen molar-refractivity contribution in [2.24, 2.45) is 0 Å². The predicted octanol–water partition coefficient (Wildman–Crippen LogP) is 2.74. The number of hydrogen-bond donors (Lipinski definition) is 3. The van der Waals surface area contributed by atoms with Crippen LogP contribution in [0.2, 0.25) is 0 Å². The van der Waals surface area contributed by atoms with E-state index in [0.29, 0.717) is 0 Å². The summed E-state index contributed by atoms with van der Waals surface area (Å²) in [6, 6.07) is 14.9. The minimum atomic E-state index is 0.809. The highest BCUT2D eigenvalue weighted by molar-refractivity contribution is 5.85. The second-order valence-electron chi connectivity index (χ2n) is 5.26. The molecule has 1 heterocycles. The van der Waals surface area contributed by atoms with Gasteiger partial charge in [0.25, 0.3) is 0 Å². The van der Waals surface area contributed by atoms with E-state index < -0.39 is 0 Å². The second-order valence-corrected chi connectivity index (χ2v) is 5.26. The summed E-state index contributed by atoms with van der Waals surface area (Å²) in [5, 5.41) is 12.6. The first-order valence-corrected chi connectivity index (χ1v) is 7.85. The van der Waals surface area contributed by atoms with E-state index in [-0.39, 0.29) is 0 Å². The molecule has 0 saturated heterocycles. The second kappa shape index (κ2) is 8.10. The fraction of sp³-hybridized carbons (Fsp3) is 0.222. The molecule has 3 rings (SSSR count). The number of aromatic nitrogens is 2. The molecule has 0 amide bonds. The summed E-state index contributed by atoms with van der Waals surface area (Å²) >= 11 is 0. The summed E-state index contributed by atoms with van der Waals surface area (Å²) in [5.74, 6) is 0.809. The Morgan fingerprint density at radius 3 is 2.43 bits per heavy atom. The van der Waals surface area contributed by atoms with Gasteiger partial charge in [0.1, 0.15) is 5.82 Å². The van der Waals surface area contributed by atoms with Crippen molar-refractivity contribution in [1.29, 1.82) is 0 Å². The third kappa shape index (κ3) is 4.66. The van der Waals surface area contributed by atoms with Crippen LogP contribution in [0.25, 0.3) is 10.8 Å². The van der Waals surface area contributed by atoms with Gasteiger partial charge in [-0.15, -0.1) is 0 Å². The number of rotatable bonds is 8. The van der Waals surface area contributed by atoms with Crippen LogP contribution in [-0.2, 0) is 0 Å². The van der Waals surface area contributed by atoms with Gasteiger partial charge in [0, 0.05) is 44.3 Å².